The largest absolute Gasteiger partial charge is 0.337 e. The third-order valence-corrected chi connectivity index (χ3v) is 6.05. The molecule has 4 nitrogen and oxygen atoms in total. The molecule has 1 aromatic heterocycles. The van der Waals surface area contributed by atoms with Crippen LogP contribution in [0.1, 0.15) is 17.8 Å². The summed E-state index contributed by atoms with van der Waals surface area (Å²) in [6.07, 6.45) is -2.23. The predicted molar refractivity (Wildman–Crippen MR) is 99.9 cm³/mol. The molecular formula is C18H13BrF4N2O2S. The maximum absolute atomic E-state index is 14.6. The molecule has 2 aromatic carbocycles. The lowest BCUT2D eigenvalue weighted by molar-refractivity contribution is 0.141. The van der Waals surface area contributed by atoms with E-state index in [9.17, 15) is 26.0 Å². The first-order valence-corrected chi connectivity index (χ1v) is 10.5. The van der Waals surface area contributed by atoms with Crippen LogP contribution in [-0.2, 0) is 9.84 Å². The van der Waals surface area contributed by atoms with E-state index in [1.807, 2.05) is 0 Å². The Morgan fingerprint density at radius 1 is 1.11 bits per heavy atom. The van der Waals surface area contributed by atoms with Crippen molar-refractivity contribution in [3.63, 3.8) is 0 Å². The molecule has 0 saturated heterocycles. The fourth-order valence-corrected chi connectivity index (χ4v) is 3.67. The number of alkyl halides is 2. The second-order valence-corrected chi connectivity index (χ2v) is 8.98. The molecule has 0 aliphatic carbocycles. The summed E-state index contributed by atoms with van der Waals surface area (Å²) < 4.78 is 79.2. The maximum Gasteiger partial charge on any atom is 0.295 e. The number of imidazole rings is 1. The van der Waals surface area contributed by atoms with Gasteiger partial charge in [0.15, 0.2) is 15.7 Å². The summed E-state index contributed by atoms with van der Waals surface area (Å²) in [6, 6.07) is 6.11. The van der Waals surface area contributed by atoms with Crippen molar-refractivity contribution >= 4 is 25.8 Å². The molecular weight excluding hydrogens is 464 g/mol. The van der Waals surface area contributed by atoms with E-state index in [2.05, 4.69) is 25.9 Å². The molecule has 1 N–H and O–H groups in total. The Bertz CT molecular complexity index is 1180. The van der Waals surface area contributed by atoms with E-state index >= 15 is 0 Å². The number of halogens is 5. The number of aromatic amines is 1. The highest BCUT2D eigenvalue weighted by Crippen LogP contribution is 2.36. The lowest BCUT2D eigenvalue weighted by Crippen LogP contribution is -2.03. The summed E-state index contributed by atoms with van der Waals surface area (Å²) in [7, 11) is -4.00. The number of rotatable bonds is 4. The Morgan fingerprint density at radius 3 is 2.36 bits per heavy atom. The van der Waals surface area contributed by atoms with Crippen LogP contribution in [0, 0.1) is 18.6 Å². The van der Waals surface area contributed by atoms with Crippen molar-refractivity contribution in [1.82, 2.24) is 9.97 Å². The smallest absolute Gasteiger partial charge is 0.295 e. The molecule has 3 aromatic rings. The summed E-state index contributed by atoms with van der Waals surface area (Å²) in [6.45, 7) is 1.78. The van der Waals surface area contributed by atoms with E-state index in [1.54, 1.807) is 25.1 Å². The highest BCUT2D eigenvalue weighted by molar-refractivity contribution is 9.10. The van der Waals surface area contributed by atoms with Crippen LogP contribution in [0.15, 0.2) is 39.7 Å². The topological polar surface area (TPSA) is 62.8 Å². The van der Waals surface area contributed by atoms with Crippen molar-refractivity contribution in [2.45, 2.75) is 18.2 Å². The number of aromatic nitrogens is 2. The van der Waals surface area contributed by atoms with E-state index in [0.29, 0.717) is 17.7 Å². The van der Waals surface area contributed by atoms with Gasteiger partial charge in [0.25, 0.3) is 6.43 Å². The first-order chi connectivity index (χ1) is 13.0. The zero-order chi connectivity index (χ0) is 20.8. The second kappa shape index (κ2) is 7.32. The molecule has 0 fully saturated rings. The molecule has 1 heterocycles. The summed E-state index contributed by atoms with van der Waals surface area (Å²) in [5, 5.41) is 0. The van der Waals surface area contributed by atoms with E-state index in [0.717, 1.165) is 16.3 Å². The molecule has 0 aliphatic rings. The minimum Gasteiger partial charge on any atom is -0.337 e. The zero-order valence-corrected chi connectivity index (χ0v) is 16.9. The van der Waals surface area contributed by atoms with Crippen LogP contribution in [0.3, 0.4) is 0 Å². The molecule has 3 rings (SSSR count). The molecule has 0 unspecified atom stereocenters. The van der Waals surface area contributed by atoms with Crippen LogP contribution in [0.5, 0.6) is 0 Å². The van der Waals surface area contributed by atoms with Crippen LogP contribution >= 0.6 is 15.9 Å². The van der Waals surface area contributed by atoms with Gasteiger partial charge < -0.3 is 4.98 Å². The van der Waals surface area contributed by atoms with Crippen LogP contribution in [0.2, 0.25) is 0 Å². The van der Waals surface area contributed by atoms with Crippen molar-refractivity contribution in [1.29, 1.82) is 0 Å². The molecule has 0 atom stereocenters. The number of nitrogens with one attached hydrogen (secondary N) is 1. The van der Waals surface area contributed by atoms with Crippen molar-refractivity contribution in [3.8, 4) is 22.5 Å². The maximum atomic E-state index is 14.6. The summed E-state index contributed by atoms with van der Waals surface area (Å²) >= 11 is 3.33. The fourth-order valence-electron chi connectivity index (χ4n) is 2.69. The SMILES string of the molecule is Cc1cc(-c2[nH]c(C(F)F)nc2-c2cc(F)c(S(C)(=O)=O)cc2F)ccc1Br. The standard InChI is InChI=1S/C18H13BrF4N2O2S/c1-8-5-9(3-4-11(8)19)15-16(25-18(24-15)17(22)23)10-6-13(21)14(7-12(10)20)28(2,26)27/h3-7,17H,1-2H3,(H,24,25). The third-order valence-electron chi connectivity index (χ3n) is 4.05. The van der Waals surface area contributed by atoms with Gasteiger partial charge in [-0.15, -0.1) is 0 Å². The van der Waals surface area contributed by atoms with Crippen LogP contribution in [-0.4, -0.2) is 24.6 Å². The van der Waals surface area contributed by atoms with Crippen molar-refractivity contribution in [3.05, 3.63) is 57.8 Å². The highest BCUT2D eigenvalue weighted by Gasteiger charge is 2.24. The molecule has 0 spiro atoms. The van der Waals surface area contributed by atoms with Gasteiger partial charge in [0.2, 0.25) is 0 Å². The van der Waals surface area contributed by atoms with Gasteiger partial charge in [-0.05, 0) is 36.8 Å². The van der Waals surface area contributed by atoms with Gasteiger partial charge in [-0.3, -0.25) is 0 Å². The first kappa shape index (κ1) is 20.5. The Hall–Kier alpha value is -2.20. The lowest BCUT2D eigenvalue weighted by atomic mass is 10.0. The molecule has 0 amide bonds. The Balaban J connectivity index is 2.27. The second-order valence-electron chi connectivity index (χ2n) is 6.14. The van der Waals surface area contributed by atoms with Gasteiger partial charge in [-0.2, -0.15) is 0 Å². The molecule has 0 radical (unpaired) electrons. The summed E-state index contributed by atoms with van der Waals surface area (Å²) in [4.78, 5) is 5.36. The number of nitrogens with zero attached hydrogens (tertiary/aromatic N) is 1. The van der Waals surface area contributed by atoms with Gasteiger partial charge in [0.05, 0.1) is 11.4 Å². The molecule has 28 heavy (non-hydrogen) atoms. The van der Waals surface area contributed by atoms with Gasteiger partial charge in [0, 0.05) is 21.9 Å². The first-order valence-electron chi connectivity index (χ1n) is 7.83. The number of benzene rings is 2. The highest BCUT2D eigenvalue weighted by atomic mass is 79.9. The van der Waals surface area contributed by atoms with Crippen LogP contribution < -0.4 is 0 Å². The molecule has 0 bridgehead atoms. The van der Waals surface area contributed by atoms with E-state index < -0.39 is 44.2 Å². The van der Waals surface area contributed by atoms with Crippen molar-refractivity contribution in [2.75, 3.05) is 6.26 Å². The average Bonchev–Trinajstić information content (AvgIpc) is 3.03. The number of hydrogen-bond acceptors (Lipinski definition) is 3. The average molecular weight is 477 g/mol. The number of hydrogen-bond donors (Lipinski definition) is 1. The van der Waals surface area contributed by atoms with Crippen molar-refractivity contribution in [2.24, 2.45) is 0 Å². The number of aryl methyl sites for hydroxylation is 1. The number of H-pyrrole nitrogens is 1. The number of sulfone groups is 1. The van der Waals surface area contributed by atoms with Crippen LogP contribution in [0.25, 0.3) is 22.5 Å². The van der Waals surface area contributed by atoms with E-state index in [1.165, 1.54) is 0 Å². The Labute approximate surface area is 166 Å². The predicted octanol–water partition coefficient (Wildman–Crippen LogP) is 5.43. The third kappa shape index (κ3) is 3.83. The zero-order valence-electron chi connectivity index (χ0n) is 14.5. The molecule has 0 saturated carbocycles. The lowest BCUT2D eigenvalue weighted by Gasteiger charge is -2.08. The Morgan fingerprint density at radius 2 is 1.79 bits per heavy atom. The minimum absolute atomic E-state index is 0.0660. The fraction of sp³-hybridized carbons (Fsp3) is 0.167. The Kier molecular flexibility index (Phi) is 5.37. The summed E-state index contributed by atoms with van der Waals surface area (Å²) in [5.41, 5.74) is 0.617. The van der Waals surface area contributed by atoms with Crippen molar-refractivity contribution < 1.29 is 26.0 Å². The van der Waals surface area contributed by atoms with Gasteiger partial charge in [-0.1, -0.05) is 22.0 Å². The van der Waals surface area contributed by atoms with Gasteiger partial charge in [0.1, 0.15) is 16.5 Å². The summed E-state index contributed by atoms with van der Waals surface area (Å²) in [5.74, 6) is -3.00. The minimum atomic E-state index is -4.00. The molecule has 10 heteroatoms. The quantitative estimate of drug-likeness (QED) is 0.510. The molecule has 148 valence electrons. The van der Waals surface area contributed by atoms with E-state index in [-0.39, 0.29) is 11.4 Å². The van der Waals surface area contributed by atoms with Gasteiger partial charge >= 0.3 is 0 Å². The van der Waals surface area contributed by atoms with Crippen LogP contribution in [0.4, 0.5) is 17.6 Å². The van der Waals surface area contributed by atoms with E-state index in [4.69, 9.17) is 0 Å². The molecule has 0 aliphatic heterocycles. The normalized spacial score (nSPS) is 12.0. The van der Waals surface area contributed by atoms with Gasteiger partial charge in [-0.25, -0.2) is 31.0 Å². The monoisotopic (exact) mass is 476 g/mol.